The third kappa shape index (κ3) is 3.80. The van der Waals surface area contributed by atoms with Crippen LogP contribution in [0.15, 0.2) is 18.2 Å². The lowest BCUT2D eigenvalue weighted by Crippen LogP contribution is -2.48. The standard InChI is InChI=1S/C22H31N3O3/c1-28-15-14-25-16-17-6-5-7-19(20(17)22(25)27)21(26)24-12-8-18(9-13-24)23-10-3-2-4-11-23/h5-7,18H,2-4,8-16H2,1H3. The highest BCUT2D eigenvalue weighted by molar-refractivity contribution is 6.09. The second-order valence-corrected chi connectivity index (χ2v) is 8.18. The van der Waals surface area contributed by atoms with Gasteiger partial charge in [-0.05, 0) is 50.4 Å². The minimum atomic E-state index is -0.0424. The van der Waals surface area contributed by atoms with Gasteiger partial charge in [0, 0.05) is 39.3 Å². The Bertz CT molecular complexity index is 722. The molecule has 152 valence electrons. The number of carbonyl (C=O) groups excluding carboxylic acids is 2. The average molecular weight is 386 g/mol. The van der Waals surface area contributed by atoms with Crippen molar-refractivity contribution in [3.05, 3.63) is 34.9 Å². The Morgan fingerprint density at radius 3 is 2.57 bits per heavy atom. The van der Waals surface area contributed by atoms with E-state index in [-0.39, 0.29) is 11.8 Å². The van der Waals surface area contributed by atoms with E-state index in [4.69, 9.17) is 4.74 Å². The molecule has 28 heavy (non-hydrogen) atoms. The van der Waals surface area contributed by atoms with Crippen LogP contribution in [0.2, 0.25) is 0 Å². The van der Waals surface area contributed by atoms with Gasteiger partial charge < -0.3 is 19.4 Å². The molecular formula is C22H31N3O3. The van der Waals surface area contributed by atoms with E-state index in [0.29, 0.717) is 36.9 Å². The van der Waals surface area contributed by atoms with E-state index in [1.807, 2.05) is 23.1 Å². The summed E-state index contributed by atoms with van der Waals surface area (Å²) >= 11 is 0. The maximum atomic E-state index is 13.2. The molecule has 0 bridgehead atoms. The fraction of sp³-hybridized carbons (Fsp3) is 0.636. The quantitative estimate of drug-likeness (QED) is 0.781. The Kier molecular flexibility index (Phi) is 5.97. The van der Waals surface area contributed by atoms with E-state index in [9.17, 15) is 9.59 Å². The van der Waals surface area contributed by atoms with Crippen LogP contribution in [0.25, 0.3) is 0 Å². The minimum absolute atomic E-state index is 0.0101. The second kappa shape index (κ2) is 8.62. The van der Waals surface area contributed by atoms with E-state index >= 15 is 0 Å². The first-order valence-corrected chi connectivity index (χ1v) is 10.6. The molecule has 0 radical (unpaired) electrons. The number of hydrogen-bond donors (Lipinski definition) is 0. The molecule has 0 atom stereocenters. The second-order valence-electron chi connectivity index (χ2n) is 8.18. The van der Waals surface area contributed by atoms with Gasteiger partial charge in [-0.15, -0.1) is 0 Å². The number of fused-ring (bicyclic) bond motifs is 1. The van der Waals surface area contributed by atoms with Crippen LogP contribution in [-0.2, 0) is 11.3 Å². The predicted molar refractivity (Wildman–Crippen MR) is 107 cm³/mol. The molecule has 3 aliphatic heterocycles. The highest BCUT2D eigenvalue weighted by Gasteiger charge is 2.34. The molecule has 0 aliphatic carbocycles. The number of piperidine rings is 2. The largest absolute Gasteiger partial charge is 0.383 e. The molecule has 2 fully saturated rings. The van der Waals surface area contributed by atoms with Crippen LogP contribution in [0.3, 0.4) is 0 Å². The molecule has 0 saturated carbocycles. The molecule has 0 N–H and O–H groups in total. The van der Waals surface area contributed by atoms with Crippen molar-refractivity contribution in [2.24, 2.45) is 0 Å². The Balaban J connectivity index is 1.43. The molecular weight excluding hydrogens is 354 g/mol. The first kappa shape index (κ1) is 19.4. The molecule has 0 aromatic heterocycles. The molecule has 2 saturated heterocycles. The lowest BCUT2D eigenvalue weighted by Gasteiger charge is -2.40. The summed E-state index contributed by atoms with van der Waals surface area (Å²) in [6.07, 6.45) is 6.03. The van der Waals surface area contributed by atoms with Crippen molar-refractivity contribution >= 4 is 11.8 Å². The predicted octanol–water partition coefficient (Wildman–Crippen LogP) is 2.38. The Labute approximate surface area is 167 Å². The lowest BCUT2D eigenvalue weighted by molar-refractivity contribution is 0.0583. The minimum Gasteiger partial charge on any atom is -0.383 e. The summed E-state index contributed by atoms with van der Waals surface area (Å²) in [5.74, 6) is -0.0323. The summed E-state index contributed by atoms with van der Waals surface area (Å²) < 4.78 is 5.11. The van der Waals surface area contributed by atoms with Crippen LogP contribution < -0.4 is 0 Å². The average Bonchev–Trinajstić information content (AvgIpc) is 3.08. The van der Waals surface area contributed by atoms with Gasteiger partial charge in [-0.25, -0.2) is 0 Å². The molecule has 1 aromatic rings. The molecule has 0 spiro atoms. The van der Waals surface area contributed by atoms with Gasteiger partial charge >= 0.3 is 0 Å². The highest BCUT2D eigenvalue weighted by atomic mass is 16.5. The Morgan fingerprint density at radius 2 is 1.86 bits per heavy atom. The third-order valence-corrected chi connectivity index (χ3v) is 6.47. The molecule has 2 amide bonds. The van der Waals surface area contributed by atoms with E-state index in [2.05, 4.69) is 4.90 Å². The van der Waals surface area contributed by atoms with Gasteiger partial charge in [-0.3, -0.25) is 9.59 Å². The van der Waals surface area contributed by atoms with Gasteiger partial charge in [0.15, 0.2) is 0 Å². The molecule has 6 heteroatoms. The summed E-state index contributed by atoms with van der Waals surface area (Å²) in [5.41, 5.74) is 2.12. The van der Waals surface area contributed by atoms with Crippen molar-refractivity contribution in [3.8, 4) is 0 Å². The summed E-state index contributed by atoms with van der Waals surface area (Å²) in [6.45, 7) is 5.60. The number of benzene rings is 1. The van der Waals surface area contributed by atoms with Gasteiger partial charge in [-0.2, -0.15) is 0 Å². The zero-order valence-electron chi connectivity index (χ0n) is 16.9. The highest BCUT2D eigenvalue weighted by Crippen LogP contribution is 2.28. The first-order chi connectivity index (χ1) is 13.7. The smallest absolute Gasteiger partial charge is 0.255 e. The first-order valence-electron chi connectivity index (χ1n) is 10.6. The van der Waals surface area contributed by atoms with Crippen LogP contribution in [0.1, 0.15) is 58.4 Å². The Hall–Kier alpha value is -1.92. The zero-order valence-corrected chi connectivity index (χ0v) is 16.9. The van der Waals surface area contributed by atoms with Gasteiger partial charge in [0.1, 0.15) is 0 Å². The van der Waals surface area contributed by atoms with Crippen LogP contribution >= 0.6 is 0 Å². The normalized spacial score (nSPS) is 21.2. The van der Waals surface area contributed by atoms with Crippen LogP contribution in [0.4, 0.5) is 0 Å². The number of methoxy groups -OCH3 is 1. The van der Waals surface area contributed by atoms with Crippen LogP contribution in [0, 0.1) is 0 Å². The maximum absolute atomic E-state index is 13.2. The van der Waals surface area contributed by atoms with Crippen molar-refractivity contribution in [2.45, 2.75) is 44.7 Å². The summed E-state index contributed by atoms with van der Waals surface area (Å²) in [4.78, 5) is 32.4. The zero-order chi connectivity index (χ0) is 19.5. The fourth-order valence-electron chi connectivity index (χ4n) is 4.87. The van der Waals surface area contributed by atoms with E-state index in [1.54, 1.807) is 12.0 Å². The van der Waals surface area contributed by atoms with E-state index < -0.39 is 0 Å². The van der Waals surface area contributed by atoms with Crippen LogP contribution in [0.5, 0.6) is 0 Å². The molecule has 4 rings (SSSR count). The van der Waals surface area contributed by atoms with Crippen molar-refractivity contribution in [2.75, 3.05) is 46.4 Å². The lowest BCUT2D eigenvalue weighted by atomic mass is 9.97. The molecule has 0 unspecified atom stereocenters. The molecule has 1 aromatic carbocycles. The fourth-order valence-corrected chi connectivity index (χ4v) is 4.87. The number of ether oxygens (including phenoxy) is 1. The number of rotatable bonds is 5. The monoisotopic (exact) mass is 385 g/mol. The molecule has 3 aliphatic rings. The van der Waals surface area contributed by atoms with Crippen molar-refractivity contribution in [1.82, 2.24) is 14.7 Å². The molecule has 3 heterocycles. The number of amides is 2. The number of nitrogens with zero attached hydrogens (tertiary/aromatic N) is 3. The summed E-state index contributed by atoms with van der Waals surface area (Å²) in [5, 5.41) is 0. The summed E-state index contributed by atoms with van der Waals surface area (Å²) in [6, 6.07) is 6.28. The summed E-state index contributed by atoms with van der Waals surface area (Å²) in [7, 11) is 1.64. The topological polar surface area (TPSA) is 53.1 Å². The number of carbonyl (C=O) groups is 2. The Morgan fingerprint density at radius 1 is 1.11 bits per heavy atom. The number of likely N-dealkylation sites (tertiary alicyclic amines) is 2. The van der Waals surface area contributed by atoms with Gasteiger partial charge in [-0.1, -0.05) is 18.6 Å². The van der Waals surface area contributed by atoms with Gasteiger partial charge in [0.05, 0.1) is 17.7 Å². The SMILES string of the molecule is COCCN1Cc2cccc(C(=O)N3CCC(N4CCCCC4)CC3)c2C1=O. The van der Waals surface area contributed by atoms with E-state index in [1.165, 1.54) is 32.4 Å². The number of hydrogen-bond acceptors (Lipinski definition) is 4. The van der Waals surface area contributed by atoms with Crippen molar-refractivity contribution in [3.63, 3.8) is 0 Å². The van der Waals surface area contributed by atoms with Crippen LogP contribution in [-0.4, -0.2) is 79.0 Å². The maximum Gasteiger partial charge on any atom is 0.255 e. The van der Waals surface area contributed by atoms with Gasteiger partial charge in [0.25, 0.3) is 11.8 Å². The van der Waals surface area contributed by atoms with Crippen molar-refractivity contribution in [1.29, 1.82) is 0 Å². The molecule has 6 nitrogen and oxygen atoms in total. The van der Waals surface area contributed by atoms with E-state index in [0.717, 1.165) is 31.5 Å². The van der Waals surface area contributed by atoms with Crippen molar-refractivity contribution < 1.29 is 14.3 Å². The van der Waals surface area contributed by atoms with Gasteiger partial charge in [0.2, 0.25) is 0 Å². The third-order valence-electron chi connectivity index (χ3n) is 6.47.